The minimum Gasteiger partial charge on any atom is -0.234 e. The minimum atomic E-state index is -1.25. The second kappa shape index (κ2) is 4.65. The molecule has 0 aliphatic carbocycles. The number of hydrogen-bond acceptors (Lipinski definition) is 2. The third-order valence-corrected chi connectivity index (χ3v) is 4.02. The van der Waals surface area contributed by atoms with Crippen molar-refractivity contribution in [3.8, 4) is 0 Å². The molecule has 0 N–H and O–H groups in total. The predicted molar refractivity (Wildman–Crippen MR) is 75.3 cm³/mol. The Morgan fingerprint density at radius 1 is 1.33 bits per heavy atom. The molecule has 96 valence electrons. The van der Waals surface area contributed by atoms with Gasteiger partial charge in [0.1, 0.15) is 11.0 Å². The van der Waals surface area contributed by atoms with Crippen LogP contribution >= 0.6 is 0 Å². The molecule has 2 aromatic heterocycles. The Labute approximate surface area is 109 Å². The molecule has 0 amide bonds. The lowest BCUT2D eigenvalue weighted by Crippen LogP contribution is -2.21. The van der Waals surface area contributed by atoms with Gasteiger partial charge in [0.15, 0.2) is 0 Å². The molecule has 0 bridgehead atoms. The van der Waals surface area contributed by atoms with Crippen molar-refractivity contribution in [1.82, 2.24) is 9.61 Å². The van der Waals surface area contributed by atoms with Gasteiger partial charge in [-0.1, -0.05) is 6.07 Å². The summed E-state index contributed by atoms with van der Waals surface area (Å²) < 4.78 is 17.7. The van der Waals surface area contributed by atoms with Crippen molar-refractivity contribution in [1.29, 1.82) is 0 Å². The van der Waals surface area contributed by atoms with E-state index in [0.29, 0.717) is 0 Å². The molecule has 0 aliphatic rings. The monoisotopic (exact) mass is 263 g/mol. The van der Waals surface area contributed by atoms with Crippen LogP contribution in [0.2, 0.25) is 0 Å². The van der Waals surface area contributed by atoms with Crippen molar-refractivity contribution < 1.29 is 4.21 Å². The lowest BCUT2D eigenvalue weighted by atomic mass is 10.2. The highest BCUT2D eigenvalue weighted by Crippen LogP contribution is 2.14. The number of hydrogen-bond donors (Lipinski definition) is 0. The predicted octanol–water partition coefficient (Wildman–Crippen LogP) is 2.61. The second-order valence-electron chi connectivity index (χ2n) is 5.12. The molecular formula is C13H17N3OS. The van der Waals surface area contributed by atoms with Gasteiger partial charge in [-0.25, -0.2) is 8.72 Å². The molecule has 2 heterocycles. The van der Waals surface area contributed by atoms with E-state index in [1.807, 2.05) is 52.0 Å². The third-order valence-electron chi connectivity index (χ3n) is 2.54. The van der Waals surface area contributed by atoms with E-state index in [2.05, 4.69) is 9.50 Å². The van der Waals surface area contributed by atoms with Crippen LogP contribution in [0.4, 0.5) is 0 Å². The van der Waals surface area contributed by atoms with Crippen molar-refractivity contribution in [2.24, 2.45) is 4.40 Å². The number of pyridine rings is 1. The Balaban J connectivity index is 2.46. The number of aromatic nitrogens is 2. The Bertz CT molecular complexity index is 622. The van der Waals surface area contributed by atoms with Gasteiger partial charge in [-0.05, 0) is 45.9 Å². The zero-order chi connectivity index (χ0) is 13.3. The average molecular weight is 263 g/mol. The fraction of sp³-hybridized carbons (Fsp3) is 0.385. The maximum Gasteiger partial charge on any atom is 0.145 e. The summed E-state index contributed by atoms with van der Waals surface area (Å²) in [6.45, 7) is 7.59. The Kier molecular flexibility index (Phi) is 3.34. The van der Waals surface area contributed by atoms with E-state index in [9.17, 15) is 4.21 Å². The van der Waals surface area contributed by atoms with Crippen LogP contribution in [-0.2, 0) is 11.0 Å². The van der Waals surface area contributed by atoms with Gasteiger partial charge in [0.25, 0.3) is 0 Å². The van der Waals surface area contributed by atoms with Crippen molar-refractivity contribution in [3.05, 3.63) is 36.2 Å². The van der Waals surface area contributed by atoms with E-state index in [1.165, 1.54) is 0 Å². The standard InChI is InChI=1S/C13H17N3OS/c1-10(15-18(17)13(2,3)4)12-7-5-6-11-8-9-14-16(11)12/h5-9H,1-4H3. The van der Waals surface area contributed by atoms with Gasteiger partial charge in [0, 0.05) is 0 Å². The first-order chi connectivity index (χ1) is 8.39. The zero-order valence-corrected chi connectivity index (χ0v) is 11.9. The zero-order valence-electron chi connectivity index (χ0n) is 11.0. The molecule has 18 heavy (non-hydrogen) atoms. The maximum atomic E-state index is 12.0. The van der Waals surface area contributed by atoms with E-state index in [4.69, 9.17) is 0 Å². The van der Waals surface area contributed by atoms with E-state index in [-0.39, 0.29) is 4.75 Å². The molecule has 5 heteroatoms. The highest BCUT2D eigenvalue weighted by Gasteiger charge is 2.19. The molecule has 0 aromatic carbocycles. The molecule has 2 rings (SSSR count). The Morgan fingerprint density at radius 2 is 2.06 bits per heavy atom. The summed E-state index contributed by atoms with van der Waals surface area (Å²) in [5.41, 5.74) is 2.61. The smallest absolute Gasteiger partial charge is 0.145 e. The van der Waals surface area contributed by atoms with Crippen molar-refractivity contribution in [3.63, 3.8) is 0 Å². The first kappa shape index (κ1) is 13.0. The van der Waals surface area contributed by atoms with Crippen molar-refractivity contribution in [2.45, 2.75) is 32.4 Å². The van der Waals surface area contributed by atoms with Gasteiger partial charge < -0.3 is 0 Å². The molecule has 0 radical (unpaired) electrons. The molecule has 1 atom stereocenters. The van der Waals surface area contributed by atoms with E-state index >= 15 is 0 Å². The molecule has 1 unspecified atom stereocenters. The molecule has 2 aromatic rings. The first-order valence-electron chi connectivity index (χ1n) is 5.80. The van der Waals surface area contributed by atoms with E-state index in [1.54, 1.807) is 10.7 Å². The molecular weight excluding hydrogens is 246 g/mol. The average Bonchev–Trinajstić information content (AvgIpc) is 2.74. The lowest BCUT2D eigenvalue weighted by molar-refractivity contribution is 0.650. The van der Waals surface area contributed by atoms with E-state index in [0.717, 1.165) is 16.9 Å². The van der Waals surface area contributed by atoms with E-state index < -0.39 is 11.0 Å². The molecule has 0 saturated carbocycles. The van der Waals surface area contributed by atoms with Gasteiger partial charge >= 0.3 is 0 Å². The van der Waals surface area contributed by atoms with Crippen molar-refractivity contribution in [2.75, 3.05) is 0 Å². The Hall–Kier alpha value is -1.49. The number of rotatable bonds is 2. The molecule has 0 saturated heterocycles. The van der Waals surface area contributed by atoms with Gasteiger partial charge in [-0.3, -0.25) is 0 Å². The third kappa shape index (κ3) is 2.51. The fourth-order valence-electron chi connectivity index (χ4n) is 1.53. The van der Waals surface area contributed by atoms with Gasteiger partial charge in [0.2, 0.25) is 0 Å². The molecule has 0 fully saturated rings. The van der Waals surface area contributed by atoms with Crippen LogP contribution in [0.1, 0.15) is 33.4 Å². The summed E-state index contributed by atoms with van der Waals surface area (Å²) in [6, 6.07) is 7.78. The van der Waals surface area contributed by atoms with Crippen molar-refractivity contribution >= 4 is 22.2 Å². The Morgan fingerprint density at radius 3 is 2.72 bits per heavy atom. The SMILES string of the molecule is CC(=NS(=O)C(C)(C)C)c1cccc2ccnn12. The highest BCUT2D eigenvalue weighted by molar-refractivity contribution is 7.85. The molecule has 0 aliphatic heterocycles. The lowest BCUT2D eigenvalue weighted by Gasteiger charge is -2.14. The number of fused-ring (bicyclic) bond motifs is 1. The van der Waals surface area contributed by atoms with Crippen LogP contribution in [-0.4, -0.2) is 24.3 Å². The number of nitrogens with zero attached hydrogens (tertiary/aromatic N) is 3. The van der Waals surface area contributed by atoms with Gasteiger partial charge in [0.05, 0.1) is 27.9 Å². The molecule has 4 nitrogen and oxygen atoms in total. The molecule has 0 spiro atoms. The largest absolute Gasteiger partial charge is 0.234 e. The van der Waals surface area contributed by atoms with Crippen LogP contribution < -0.4 is 0 Å². The van der Waals surface area contributed by atoms with Gasteiger partial charge in [-0.2, -0.15) is 9.50 Å². The minimum absolute atomic E-state index is 0.348. The van der Waals surface area contributed by atoms with Crippen LogP contribution in [0.3, 0.4) is 0 Å². The topological polar surface area (TPSA) is 46.7 Å². The summed E-state index contributed by atoms with van der Waals surface area (Å²) in [4.78, 5) is 0. The van der Waals surface area contributed by atoms with Crippen LogP contribution in [0, 0.1) is 0 Å². The quantitative estimate of drug-likeness (QED) is 0.782. The van der Waals surface area contributed by atoms with Gasteiger partial charge in [-0.15, -0.1) is 0 Å². The summed E-state index contributed by atoms with van der Waals surface area (Å²) >= 11 is 0. The van der Waals surface area contributed by atoms with Crippen LogP contribution in [0.25, 0.3) is 5.52 Å². The van der Waals surface area contributed by atoms with Crippen LogP contribution in [0.15, 0.2) is 34.9 Å². The summed E-state index contributed by atoms with van der Waals surface area (Å²) in [5, 5.41) is 4.25. The highest BCUT2D eigenvalue weighted by atomic mass is 32.2. The summed E-state index contributed by atoms with van der Waals surface area (Å²) in [5.74, 6) is 0. The fourth-order valence-corrected chi connectivity index (χ4v) is 2.15. The second-order valence-corrected chi connectivity index (χ2v) is 7.02. The van der Waals surface area contributed by atoms with Crippen LogP contribution in [0.5, 0.6) is 0 Å². The summed E-state index contributed by atoms with van der Waals surface area (Å²) in [7, 11) is -1.25. The first-order valence-corrected chi connectivity index (χ1v) is 6.91. The normalized spacial score (nSPS) is 15.0. The summed E-state index contributed by atoms with van der Waals surface area (Å²) in [6.07, 6.45) is 1.74. The maximum absolute atomic E-state index is 12.0.